The van der Waals surface area contributed by atoms with Crippen LogP contribution in [-0.4, -0.2) is 61.2 Å². The molecule has 3 atom stereocenters. The first kappa shape index (κ1) is 15.4. The van der Waals surface area contributed by atoms with E-state index in [-0.39, 0.29) is 0 Å². The average molecular weight is 252 g/mol. The molecule has 1 aliphatic heterocycles. The average Bonchev–Trinajstić information content (AvgIpc) is 2.58. The molecule has 0 bridgehead atoms. The zero-order chi connectivity index (χ0) is 13.9. The summed E-state index contributed by atoms with van der Waals surface area (Å²) in [6.45, 7) is 11.4. The summed E-state index contributed by atoms with van der Waals surface area (Å²) in [5.74, 6) is 0.669. The third-order valence-corrected chi connectivity index (χ3v) is 3.71. The normalized spacial score (nSPS) is 28.6. The molecule has 1 aliphatic rings. The molecule has 0 aromatic carbocycles. The van der Waals surface area contributed by atoms with Gasteiger partial charge in [-0.3, -0.25) is 10.2 Å². The van der Waals surface area contributed by atoms with Gasteiger partial charge in [0.05, 0.1) is 6.07 Å². The molecule has 0 radical (unpaired) electrons. The van der Waals surface area contributed by atoms with Gasteiger partial charge in [0.15, 0.2) is 0 Å². The first-order valence-corrected chi connectivity index (χ1v) is 6.85. The van der Waals surface area contributed by atoms with Crippen LogP contribution in [0.5, 0.6) is 0 Å². The minimum absolute atomic E-state index is 0.333. The summed E-state index contributed by atoms with van der Waals surface area (Å²) in [4.78, 5) is 4.71. The molecule has 0 spiro atoms. The van der Waals surface area contributed by atoms with E-state index < -0.39 is 5.54 Å². The van der Waals surface area contributed by atoms with E-state index in [4.69, 9.17) is 0 Å². The van der Waals surface area contributed by atoms with Crippen LogP contribution >= 0.6 is 0 Å². The summed E-state index contributed by atoms with van der Waals surface area (Å²) < 4.78 is 0. The van der Waals surface area contributed by atoms with Crippen LogP contribution in [0.1, 0.15) is 27.7 Å². The second-order valence-electron chi connectivity index (χ2n) is 6.45. The highest BCUT2D eigenvalue weighted by atomic mass is 15.3. The molecule has 0 aliphatic carbocycles. The number of rotatable bonds is 5. The highest BCUT2D eigenvalue weighted by Gasteiger charge is 2.35. The summed E-state index contributed by atoms with van der Waals surface area (Å²) in [6.07, 6.45) is 0. The van der Waals surface area contributed by atoms with Crippen LogP contribution in [0.2, 0.25) is 0 Å². The van der Waals surface area contributed by atoms with E-state index in [0.29, 0.717) is 18.0 Å². The molecule has 4 heteroatoms. The van der Waals surface area contributed by atoms with Crippen LogP contribution < -0.4 is 5.32 Å². The van der Waals surface area contributed by atoms with Gasteiger partial charge in [-0.25, -0.2) is 0 Å². The molecule has 3 unspecified atom stereocenters. The van der Waals surface area contributed by atoms with Crippen molar-refractivity contribution in [2.75, 3.05) is 33.7 Å². The van der Waals surface area contributed by atoms with E-state index in [1.165, 1.54) is 0 Å². The maximum atomic E-state index is 9.39. The molecule has 4 nitrogen and oxygen atoms in total. The lowest BCUT2D eigenvalue weighted by molar-refractivity contribution is 0.225. The Balaban J connectivity index is 2.60. The van der Waals surface area contributed by atoms with Crippen molar-refractivity contribution in [3.05, 3.63) is 0 Å². The Morgan fingerprint density at radius 2 is 2.06 bits per heavy atom. The molecule has 0 aromatic rings. The maximum absolute atomic E-state index is 9.39. The van der Waals surface area contributed by atoms with Gasteiger partial charge in [0.1, 0.15) is 5.54 Å². The molecule has 1 fully saturated rings. The van der Waals surface area contributed by atoms with E-state index in [1.807, 2.05) is 6.92 Å². The van der Waals surface area contributed by atoms with Crippen LogP contribution in [0, 0.1) is 17.2 Å². The van der Waals surface area contributed by atoms with E-state index in [9.17, 15) is 5.26 Å². The van der Waals surface area contributed by atoms with Crippen molar-refractivity contribution in [2.24, 2.45) is 5.92 Å². The van der Waals surface area contributed by atoms with Gasteiger partial charge in [0.25, 0.3) is 0 Å². The Hall–Kier alpha value is -0.630. The smallest absolute Gasteiger partial charge is 0.116 e. The van der Waals surface area contributed by atoms with Gasteiger partial charge in [0, 0.05) is 31.7 Å². The largest absolute Gasteiger partial charge is 0.305 e. The monoisotopic (exact) mass is 252 g/mol. The van der Waals surface area contributed by atoms with Crippen molar-refractivity contribution in [1.82, 2.24) is 15.1 Å². The fourth-order valence-electron chi connectivity index (χ4n) is 3.05. The van der Waals surface area contributed by atoms with Crippen molar-refractivity contribution in [1.29, 1.82) is 5.26 Å². The molecule has 1 saturated heterocycles. The quantitative estimate of drug-likeness (QED) is 0.797. The number of hydrogen-bond acceptors (Lipinski definition) is 4. The second-order valence-corrected chi connectivity index (χ2v) is 6.45. The van der Waals surface area contributed by atoms with Gasteiger partial charge >= 0.3 is 0 Å². The lowest BCUT2D eigenvalue weighted by Gasteiger charge is -2.31. The molecule has 0 amide bonds. The fraction of sp³-hybridized carbons (Fsp3) is 0.929. The summed E-state index contributed by atoms with van der Waals surface area (Å²) in [7, 11) is 4.28. The minimum atomic E-state index is -0.449. The van der Waals surface area contributed by atoms with Crippen molar-refractivity contribution in [3.63, 3.8) is 0 Å². The molecule has 1 heterocycles. The van der Waals surface area contributed by atoms with Gasteiger partial charge in [-0.2, -0.15) is 5.26 Å². The van der Waals surface area contributed by atoms with E-state index in [2.05, 4.69) is 56.1 Å². The lowest BCUT2D eigenvalue weighted by atomic mass is 10.0. The predicted molar refractivity (Wildman–Crippen MR) is 75.4 cm³/mol. The molecule has 104 valence electrons. The summed E-state index contributed by atoms with van der Waals surface area (Å²) >= 11 is 0. The van der Waals surface area contributed by atoms with E-state index in [1.54, 1.807) is 0 Å². The van der Waals surface area contributed by atoms with Gasteiger partial charge in [0.2, 0.25) is 0 Å². The Morgan fingerprint density at radius 3 is 2.44 bits per heavy atom. The van der Waals surface area contributed by atoms with E-state index >= 15 is 0 Å². The summed E-state index contributed by atoms with van der Waals surface area (Å²) in [5, 5.41) is 12.8. The zero-order valence-corrected chi connectivity index (χ0v) is 12.7. The Bertz CT molecular complexity index is 307. The maximum Gasteiger partial charge on any atom is 0.116 e. The fourth-order valence-corrected chi connectivity index (χ4v) is 3.05. The second kappa shape index (κ2) is 6.01. The molecule has 1 rings (SSSR count). The highest BCUT2D eigenvalue weighted by molar-refractivity contribution is 5.07. The number of nitriles is 1. The molecule has 18 heavy (non-hydrogen) atoms. The molecular formula is C14H28N4. The van der Waals surface area contributed by atoms with Gasteiger partial charge in [-0.1, -0.05) is 6.92 Å². The topological polar surface area (TPSA) is 42.3 Å². The Morgan fingerprint density at radius 1 is 1.44 bits per heavy atom. The van der Waals surface area contributed by atoms with Crippen LogP contribution in [-0.2, 0) is 0 Å². The standard InChI is InChI=1S/C14H28N4/c1-11(2)16-14(4,9-15)10-18-7-12(3)13(8-18)17(5)6/h11-13,16H,7-8,10H2,1-6H3. The third-order valence-electron chi connectivity index (χ3n) is 3.71. The van der Waals surface area contributed by atoms with Gasteiger partial charge < -0.3 is 4.90 Å². The van der Waals surface area contributed by atoms with Crippen molar-refractivity contribution >= 4 is 0 Å². The van der Waals surface area contributed by atoms with Crippen LogP contribution in [0.3, 0.4) is 0 Å². The molecular weight excluding hydrogens is 224 g/mol. The SMILES string of the molecule is CC(C)NC(C)(C#N)CN1CC(C)C(N(C)C)C1. The first-order chi connectivity index (χ1) is 8.27. The first-order valence-electron chi connectivity index (χ1n) is 6.85. The van der Waals surface area contributed by atoms with Gasteiger partial charge in [-0.05, 0) is 40.8 Å². The van der Waals surface area contributed by atoms with Crippen molar-refractivity contribution < 1.29 is 0 Å². The number of hydrogen-bond donors (Lipinski definition) is 1. The third kappa shape index (κ3) is 3.94. The molecule has 0 aromatic heterocycles. The molecule has 0 saturated carbocycles. The van der Waals surface area contributed by atoms with Crippen LogP contribution in [0.4, 0.5) is 0 Å². The summed E-state index contributed by atoms with van der Waals surface area (Å²) in [6, 6.07) is 3.37. The molecule has 1 N–H and O–H groups in total. The van der Waals surface area contributed by atoms with Crippen molar-refractivity contribution in [2.45, 2.75) is 45.3 Å². The highest BCUT2D eigenvalue weighted by Crippen LogP contribution is 2.21. The number of likely N-dealkylation sites (tertiary alicyclic amines) is 1. The number of nitrogens with zero attached hydrogens (tertiary/aromatic N) is 3. The van der Waals surface area contributed by atoms with E-state index in [0.717, 1.165) is 19.6 Å². The number of likely N-dealkylation sites (N-methyl/N-ethyl adjacent to an activating group) is 1. The lowest BCUT2D eigenvalue weighted by Crippen LogP contribution is -2.52. The minimum Gasteiger partial charge on any atom is -0.305 e. The predicted octanol–water partition coefficient (Wildman–Crippen LogP) is 1.15. The Labute approximate surface area is 112 Å². The number of nitrogens with one attached hydrogen (secondary N) is 1. The van der Waals surface area contributed by atoms with Crippen molar-refractivity contribution in [3.8, 4) is 6.07 Å². The summed E-state index contributed by atoms with van der Waals surface area (Å²) in [5.41, 5.74) is -0.449. The van der Waals surface area contributed by atoms with Crippen LogP contribution in [0.25, 0.3) is 0 Å². The Kier molecular flexibility index (Phi) is 5.15. The van der Waals surface area contributed by atoms with Gasteiger partial charge in [-0.15, -0.1) is 0 Å². The zero-order valence-electron chi connectivity index (χ0n) is 12.7. The van der Waals surface area contributed by atoms with Crippen LogP contribution in [0.15, 0.2) is 0 Å².